The Morgan fingerprint density at radius 2 is 1.00 bits per heavy atom. The van der Waals surface area contributed by atoms with Crippen LogP contribution in [0.15, 0.2) is 81.6 Å². The van der Waals surface area contributed by atoms with Crippen LogP contribution in [0.25, 0.3) is 44.6 Å². The Morgan fingerprint density at radius 3 is 1.38 bits per heavy atom. The molecular weight excluding hydrogens is 408 g/mol. The molecule has 2 heterocycles. The van der Waals surface area contributed by atoms with Gasteiger partial charge in [-0.1, -0.05) is 24.3 Å². The molecule has 5 rings (SSSR count). The number of hydrogen-bond acceptors (Lipinski definition) is 6. The van der Waals surface area contributed by atoms with Crippen LogP contribution in [-0.2, 0) is 9.47 Å². The van der Waals surface area contributed by atoms with Crippen molar-refractivity contribution in [1.82, 2.24) is 0 Å². The number of hydrogen-bond donors (Lipinski definition) is 0. The first kappa shape index (κ1) is 19.6. The van der Waals surface area contributed by atoms with E-state index in [0.29, 0.717) is 33.8 Å². The number of ether oxygens (including phenoxy) is 2. The first-order valence-corrected chi connectivity index (χ1v) is 9.90. The lowest BCUT2D eigenvalue weighted by molar-refractivity contribution is 0.0592. The molecule has 0 aliphatic rings. The van der Waals surface area contributed by atoms with E-state index in [4.69, 9.17) is 18.3 Å². The molecule has 0 spiro atoms. The summed E-state index contributed by atoms with van der Waals surface area (Å²) in [5, 5.41) is 1.65. The van der Waals surface area contributed by atoms with Crippen molar-refractivity contribution in [3.63, 3.8) is 0 Å². The molecule has 158 valence electrons. The van der Waals surface area contributed by atoms with E-state index < -0.39 is 0 Å². The topological polar surface area (TPSA) is 78.9 Å². The molecule has 32 heavy (non-hydrogen) atoms. The summed E-state index contributed by atoms with van der Waals surface area (Å²) in [6, 6.07) is 21.9. The lowest BCUT2D eigenvalue weighted by Gasteiger charge is -1.99. The molecule has 3 aromatic carbocycles. The maximum absolute atomic E-state index is 11.8. The Labute approximate surface area is 183 Å². The second-order valence-electron chi connectivity index (χ2n) is 7.29. The summed E-state index contributed by atoms with van der Waals surface area (Å²) in [7, 11) is 2.71. The Balaban J connectivity index is 1.45. The summed E-state index contributed by atoms with van der Waals surface area (Å²) in [4.78, 5) is 23.5. The fourth-order valence-electron chi connectivity index (χ4n) is 3.66. The maximum Gasteiger partial charge on any atom is 0.337 e. The van der Waals surface area contributed by atoms with Gasteiger partial charge >= 0.3 is 11.9 Å². The first-order chi connectivity index (χ1) is 15.6. The average molecular weight is 426 g/mol. The quantitative estimate of drug-likeness (QED) is 0.324. The average Bonchev–Trinajstić information content (AvgIpc) is 3.46. The van der Waals surface area contributed by atoms with Gasteiger partial charge in [0.25, 0.3) is 0 Å². The van der Waals surface area contributed by atoms with Gasteiger partial charge in [0.1, 0.15) is 22.7 Å². The van der Waals surface area contributed by atoms with E-state index in [1.807, 2.05) is 36.4 Å². The molecule has 0 atom stereocenters. The largest absolute Gasteiger partial charge is 0.465 e. The lowest BCUT2D eigenvalue weighted by atomic mass is 10.1. The number of benzene rings is 3. The third kappa shape index (κ3) is 3.41. The van der Waals surface area contributed by atoms with Gasteiger partial charge in [0.2, 0.25) is 0 Å². The highest BCUT2D eigenvalue weighted by molar-refractivity contribution is 5.96. The Kier molecular flexibility index (Phi) is 4.75. The van der Waals surface area contributed by atoms with E-state index in [9.17, 15) is 9.59 Å². The molecule has 0 amide bonds. The predicted octanol–water partition coefficient (Wildman–Crippen LogP) is 6.09. The fourth-order valence-corrected chi connectivity index (χ4v) is 3.66. The summed E-state index contributed by atoms with van der Waals surface area (Å²) in [6.07, 6.45) is 0. The second-order valence-corrected chi connectivity index (χ2v) is 7.29. The smallest absolute Gasteiger partial charge is 0.337 e. The van der Waals surface area contributed by atoms with Gasteiger partial charge in [-0.3, -0.25) is 0 Å². The molecule has 0 radical (unpaired) electrons. The van der Waals surface area contributed by atoms with E-state index >= 15 is 0 Å². The molecule has 0 unspecified atom stereocenters. The molecule has 0 aliphatic heterocycles. The lowest BCUT2D eigenvalue weighted by Crippen LogP contribution is -1.99. The highest BCUT2D eigenvalue weighted by atomic mass is 16.5. The fraction of sp³-hybridized carbons (Fsp3) is 0.0769. The molecule has 0 saturated heterocycles. The van der Waals surface area contributed by atoms with Crippen molar-refractivity contribution >= 4 is 33.9 Å². The zero-order valence-electron chi connectivity index (χ0n) is 17.4. The van der Waals surface area contributed by atoms with Gasteiger partial charge in [-0.2, -0.15) is 0 Å². The molecule has 0 aliphatic carbocycles. The molecule has 2 aromatic heterocycles. The van der Waals surface area contributed by atoms with Crippen molar-refractivity contribution in [2.24, 2.45) is 0 Å². The van der Waals surface area contributed by atoms with E-state index in [1.165, 1.54) is 14.2 Å². The molecule has 0 saturated carbocycles. The van der Waals surface area contributed by atoms with Crippen molar-refractivity contribution in [3.8, 4) is 22.6 Å². The number of fused-ring (bicyclic) bond motifs is 2. The molecule has 0 fully saturated rings. The molecule has 6 heteroatoms. The van der Waals surface area contributed by atoms with E-state index in [0.717, 1.165) is 21.9 Å². The van der Waals surface area contributed by atoms with Crippen LogP contribution in [0.3, 0.4) is 0 Å². The van der Waals surface area contributed by atoms with Crippen molar-refractivity contribution in [2.75, 3.05) is 14.2 Å². The zero-order valence-corrected chi connectivity index (χ0v) is 17.4. The third-order valence-electron chi connectivity index (χ3n) is 5.33. The molecule has 6 nitrogen and oxygen atoms in total. The number of rotatable bonds is 4. The van der Waals surface area contributed by atoms with Crippen molar-refractivity contribution in [2.45, 2.75) is 0 Å². The van der Waals surface area contributed by atoms with E-state index in [1.54, 1.807) is 36.4 Å². The van der Waals surface area contributed by atoms with Crippen LogP contribution in [0.1, 0.15) is 20.7 Å². The Morgan fingerprint density at radius 1 is 0.594 bits per heavy atom. The predicted molar refractivity (Wildman–Crippen MR) is 120 cm³/mol. The SMILES string of the molecule is COC(=O)c1ccc2oc(-c3ccc(-c4cc5cc(C(=O)OC)ccc5o4)cc3)cc2c1. The monoisotopic (exact) mass is 426 g/mol. The van der Waals surface area contributed by atoms with Crippen molar-refractivity contribution in [3.05, 3.63) is 83.9 Å². The van der Waals surface area contributed by atoms with Crippen molar-refractivity contribution < 1.29 is 27.9 Å². The molecule has 0 bridgehead atoms. The van der Waals surface area contributed by atoms with E-state index in [2.05, 4.69) is 0 Å². The van der Waals surface area contributed by atoms with Gasteiger partial charge in [-0.05, 0) is 48.5 Å². The molecule has 0 N–H and O–H groups in total. The third-order valence-corrected chi connectivity index (χ3v) is 5.33. The molecular formula is C26H18O6. The van der Waals surface area contributed by atoms with Gasteiger partial charge in [-0.25, -0.2) is 9.59 Å². The summed E-state index contributed by atoms with van der Waals surface area (Å²) < 4.78 is 21.4. The van der Waals surface area contributed by atoms with Crippen LogP contribution in [-0.4, -0.2) is 26.2 Å². The summed E-state index contributed by atoms with van der Waals surface area (Å²) in [5.74, 6) is 0.619. The van der Waals surface area contributed by atoms with Gasteiger partial charge < -0.3 is 18.3 Å². The van der Waals surface area contributed by atoms with Gasteiger partial charge in [-0.15, -0.1) is 0 Å². The van der Waals surface area contributed by atoms with Crippen LogP contribution in [0, 0.1) is 0 Å². The first-order valence-electron chi connectivity index (χ1n) is 9.90. The van der Waals surface area contributed by atoms with Crippen LogP contribution >= 0.6 is 0 Å². The van der Waals surface area contributed by atoms with E-state index in [-0.39, 0.29) is 11.9 Å². The summed E-state index contributed by atoms with van der Waals surface area (Å²) in [6.45, 7) is 0. The number of carbonyl (C=O) groups excluding carboxylic acids is 2. The maximum atomic E-state index is 11.8. The number of carbonyl (C=O) groups is 2. The zero-order chi connectivity index (χ0) is 22.2. The van der Waals surface area contributed by atoms with Crippen LogP contribution < -0.4 is 0 Å². The van der Waals surface area contributed by atoms with Crippen LogP contribution in [0.5, 0.6) is 0 Å². The Hall–Kier alpha value is -4.32. The number of esters is 2. The minimum Gasteiger partial charge on any atom is -0.465 e. The van der Waals surface area contributed by atoms with Crippen LogP contribution in [0.2, 0.25) is 0 Å². The van der Waals surface area contributed by atoms with Gasteiger partial charge in [0.05, 0.1) is 25.3 Å². The minimum absolute atomic E-state index is 0.386. The normalized spacial score (nSPS) is 11.1. The number of methoxy groups -OCH3 is 2. The Bertz CT molecular complexity index is 1360. The van der Waals surface area contributed by atoms with Crippen molar-refractivity contribution in [1.29, 1.82) is 0 Å². The van der Waals surface area contributed by atoms with Gasteiger partial charge in [0.15, 0.2) is 0 Å². The van der Waals surface area contributed by atoms with Crippen LogP contribution in [0.4, 0.5) is 0 Å². The summed E-state index contributed by atoms with van der Waals surface area (Å²) in [5.41, 5.74) is 4.12. The highest BCUT2D eigenvalue weighted by Gasteiger charge is 2.13. The minimum atomic E-state index is -0.386. The standard InChI is InChI=1S/C26H18O6/c1-29-25(27)17-7-9-21-19(11-17)13-23(31-21)15-3-5-16(6-4-15)24-14-20-12-18(26(28)30-2)8-10-22(20)32-24/h3-14H,1-2H3. The highest BCUT2D eigenvalue weighted by Crippen LogP contribution is 2.32. The van der Waals surface area contributed by atoms with Gasteiger partial charge in [0, 0.05) is 21.9 Å². The number of furan rings is 2. The second kappa shape index (κ2) is 7.74. The summed E-state index contributed by atoms with van der Waals surface area (Å²) >= 11 is 0. The molecule has 5 aromatic rings.